The van der Waals surface area contributed by atoms with Gasteiger partial charge in [0.25, 0.3) is 11.8 Å². The van der Waals surface area contributed by atoms with Crippen LogP contribution in [0.15, 0.2) is 71.8 Å². The highest BCUT2D eigenvalue weighted by atomic mass is 16.6. The lowest BCUT2D eigenvalue weighted by Crippen LogP contribution is -2.43. The van der Waals surface area contributed by atoms with Gasteiger partial charge in [0.2, 0.25) is 12.2 Å². The van der Waals surface area contributed by atoms with Gasteiger partial charge in [-0.05, 0) is 36.1 Å². The Hall–Kier alpha value is -5.02. The fraction of sp³-hybridized carbons (Fsp3) is 0.267. The zero-order valence-corrected chi connectivity index (χ0v) is 21.0. The van der Waals surface area contributed by atoms with E-state index in [1.165, 1.54) is 12.2 Å². The Bertz CT molecular complexity index is 1300. The molecule has 1 saturated carbocycles. The Morgan fingerprint density at radius 3 is 1.51 bits per heavy atom. The van der Waals surface area contributed by atoms with Crippen molar-refractivity contribution in [2.24, 2.45) is 0 Å². The predicted octanol–water partition coefficient (Wildman–Crippen LogP) is 3.73. The van der Waals surface area contributed by atoms with E-state index in [2.05, 4.69) is 0 Å². The Morgan fingerprint density at radius 2 is 1.13 bits per heavy atom. The van der Waals surface area contributed by atoms with Gasteiger partial charge in [-0.25, -0.2) is 9.59 Å². The van der Waals surface area contributed by atoms with Gasteiger partial charge in [0, 0.05) is 6.04 Å². The minimum Gasteiger partial charge on any atom is -0.443 e. The monoisotopic (exact) mass is 523 g/mol. The number of hydrogen-bond acceptors (Lipinski definition) is 8. The van der Waals surface area contributed by atoms with Crippen LogP contribution in [-0.4, -0.2) is 46.9 Å². The van der Waals surface area contributed by atoms with Crippen molar-refractivity contribution in [2.75, 3.05) is 0 Å². The molecule has 1 heterocycles. The van der Waals surface area contributed by atoms with E-state index < -0.39 is 53.1 Å². The van der Waals surface area contributed by atoms with Crippen LogP contribution in [0.4, 0.5) is 0 Å². The summed E-state index contributed by atoms with van der Waals surface area (Å²) in [6.07, 6.45) is 2.75. The normalized spacial score (nSPS) is 20.2. The van der Waals surface area contributed by atoms with Crippen molar-refractivity contribution in [1.29, 1.82) is 10.5 Å². The van der Waals surface area contributed by atoms with Crippen molar-refractivity contribution in [2.45, 2.75) is 50.4 Å². The summed E-state index contributed by atoms with van der Waals surface area (Å²) in [4.78, 5) is 53.7. The summed E-state index contributed by atoms with van der Waals surface area (Å²) >= 11 is 0. The van der Waals surface area contributed by atoms with Crippen LogP contribution >= 0.6 is 0 Å². The van der Waals surface area contributed by atoms with Crippen molar-refractivity contribution in [3.8, 4) is 12.1 Å². The first-order valence-electron chi connectivity index (χ1n) is 12.6. The molecule has 2 aliphatic rings. The van der Waals surface area contributed by atoms with Crippen LogP contribution in [0.25, 0.3) is 12.2 Å². The number of likely N-dealkylation sites (tertiary alicyclic amines) is 1. The fourth-order valence-electron chi connectivity index (χ4n) is 4.63. The van der Waals surface area contributed by atoms with E-state index in [0.717, 1.165) is 24.2 Å². The molecule has 1 aliphatic carbocycles. The number of imide groups is 1. The topological polar surface area (TPSA) is 138 Å². The average Bonchev–Trinajstić information content (AvgIpc) is 3.19. The standard InChI is InChI=1S/C30H25N3O6/c31-18-22(16-20-10-4-1-5-11-20)29(36)38-25-26(28(35)33(27(25)34)24-14-8-3-9-15-24)39-30(37)23(19-32)17-21-12-6-2-7-13-21/h1-2,4-7,10-13,16-17,24-26H,3,8-9,14-15H2/b22-16-,23-17+/t25-,26-/m1/s1. The molecule has 9 heteroatoms. The molecular weight excluding hydrogens is 498 g/mol. The molecule has 4 rings (SSSR count). The molecule has 0 spiro atoms. The second-order valence-corrected chi connectivity index (χ2v) is 9.15. The Balaban J connectivity index is 1.62. The first-order valence-corrected chi connectivity index (χ1v) is 12.6. The number of nitrogens with zero attached hydrogens (tertiary/aromatic N) is 3. The second kappa shape index (κ2) is 12.5. The zero-order valence-electron chi connectivity index (χ0n) is 21.0. The highest BCUT2D eigenvalue weighted by Crippen LogP contribution is 2.30. The molecule has 2 aromatic carbocycles. The first kappa shape index (κ1) is 27.0. The summed E-state index contributed by atoms with van der Waals surface area (Å²) in [5, 5.41) is 19.1. The molecule has 196 valence electrons. The predicted molar refractivity (Wildman–Crippen MR) is 139 cm³/mol. The molecule has 0 unspecified atom stereocenters. The van der Waals surface area contributed by atoms with Crippen LogP contribution in [-0.2, 0) is 28.7 Å². The van der Waals surface area contributed by atoms with Crippen LogP contribution in [0.5, 0.6) is 0 Å². The van der Waals surface area contributed by atoms with Gasteiger partial charge < -0.3 is 9.47 Å². The lowest BCUT2D eigenvalue weighted by molar-refractivity contribution is -0.165. The van der Waals surface area contributed by atoms with E-state index in [4.69, 9.17) is 9.47 Å². The minimum absolute atomic E-state index is 0.399. The number of amides is 2. The average molecular weight is 524 g/mol. The number of hydrogen-bond donors (Lipinski definition) is 0. The largest absolute Gasteiger partial charge is 0.443 e. The molecule has 39 heavy (non-hydrogen) atoms. The van der Waals surface area contributed by atoms with E-state index in [-0.39, 0.29) is 0 Å². The quantitative estimate of drug-likeness (QED) is 0.232. The van der Waals surface area contributed by atoms with Gasteiger partial charge in [-0.15, -0.1) is 0 Å². The summed E-state index contributed by atoms with van der Waals surface area (Å²) in [7, 11) is 0. The van der Waals surface area contributed by atoms with Gasteiger partial charge in [-0.3, -0.25) is 14.5 Å². The molecule has 2 fully saturated rings. The Kier molecular flexibility index (Phi) is 8.65. The van der Waals surface area contributed by atoms with Crippen molar-refractivity contribution < 1.29 is 28.7 Å². The first-order chi connectivity index (χ1) is 18.9. The number of ether oxygens (including phenoxy) is 2. The number of esters is 2. The van der Waals surface area contributed by atoms with E-state index >= 15 is 0 Å². The maximum Gasteiger partial charge on any atom is 0.349 e. The molecule has 0 radical (unpaired) electrons. The van der Waals surface area contributed by atoms with Crippen LogP contribution in [0.3, 0.4) is 0 Å². The molecule has 1 aliphatic heterocycles. The van der Waals surface area contributed by atoms with Crippen LogP contribution in [0.2, 0.25) is 0 Å². The van der Waals surface area contributed by atoms with E-state index in [9.17, 15) is 29.7 Å². The molecule has 9 nitrogen and oxygen atoms in total. The van der Waals surface area contributed by atoms with Crippen molar-refractivity contribution in [3.05, 3.63) is 82.9 Å². The Morgan fingerprint density at radius 1 is 0.718 bits per heavy atom. The van der Waals surface area contributed by atoms with Crippen molar-refractivity contribution >= 4 is 35.9 Å². The maximum atomic E-state index is 13.4. The third-order valence-electron chi connectivity index (χ3n) is 6.55. The lowest BCUT2D eigenvalue weighted by Gasteiger charge is -2.29. The summed E-state index contributed by atoms with van der Waals surface area (Å²) < 4.78 is 10.7. The van der Waals surface area contributed by atoms with Gasteiger partial charge in [0.05, 0.1) is 0 Å². The van der Waals surface area contributed by atoms with Gasteiger partial charge in [0.1, 0.15) is 23.3 Å². The zero-order chi connectivity index (χ0) is 27.8. The summed E-state index contributed by atoms with van der Waals surface area (Å²) in [6.45, 7) is 0. The van der Waals surface area contributed by atoms with Gasteiger partial charge in [0.15, 0.2) is 0 Å². The number of carbonyl (C=O) groups excluding carboxylic acids is 4. The van der Waals surface area contributed by atoms with Crippen molar-refractivity contribution in [1.82, 2.24) is 4.90 Å². The smallest absolute Gasteiger partial charge is 0.349 e. The molecule has 1 saturated heterocycles. The summed E-state index contributed by atoms with van der Waals surface area (Å²) in [6, 6.07) is 20.2. The van der Waals surface area contributed by atoms with E-state index in [0.29, 0.717) is 24.0 Å². The minimum atomic E-state index is -1.79. The molecule has 2 atom stereocenters. The molecular formula is C30H25N3O6. The fourth-order valence-corrected chi connectivity index (χ4v) is 4.63. The van der Waals surface area contributed by atoms with Gasteiger partial charge in [-0.2, -0.15) is 10.5 Å². The SMILES string of the molecule is N#C/C(=C/c1ccccc1)C(=O)O[C@H]1C(=O)N(C2CCCCC2)C(=O)[C@@H]1OC(=O)/C(C#N)=C/c1ccccc1. The number of carbonyl (C=O) groups is 4. The van der Waals surface area contributed by atoms with Gasteiger partial charge in [-0.1, -0.05) is 79.9 Å². The maximum absolute atomic E-state index is 13.4. The summed E-state index contributed by atoms with van der Waals surface area (Å²) in [5.41, 5.74) is 0.307. The molecule has 0 bridgehead atoms. The highest BCUT2D eigenvalue weighted by Gasteiger charge is 2.55. The molecule has 0 N–H and O–H groups in total. The van der Waals surface area contributed by atoms with E-state index in [1.807, 2.05) is 0 Å². The van der Waals surface area contributed by atoms with Crippen LogP contribution in [0.1, 0.15) is 43.2 Å². The molecule has 0 aromatic heterocycles. The Labute approximate surface area is 225 Å². The highest BCUT2D eigenvalue weighted by molar-refractivity contribution is 6.11. The number of benzene rings is 2. The summed E-state index contributed by atoms with van der Waals surface area (Å²) in [5.74, 6) is -3.92. The van der Waals surface area contributed by atoms with Gasteiger partial charge >= 0.3 is 11.9 Å². The number of rotatable bonds is 7. The van der Waals surface area contributed by atoms with Crippen LogP contribution in [0, 0.1) is 22.7 Å². The van der Waals surface area contributed by atoms with Crippen LogP contribution < -0.4 is 0 Å². The number of nitriles is 2. The third kappa shape index (κ3) is 6.28. The molecule has 2 aromatic rings. The second-order valence-electron chi connectivity index (χ2n) is 9.15. The van der Waals surface area contributed by atoms with Crippen molar-refractivity contribution in [3.63, 3.8) is 0 Å². The third-order valence-corrected chi connectivity index (χ3v) is 6.55. The lowest BCUT2D eigenvalue weighted by atomic mass is 9.94. The van der Waals surface area contributed by atoms with E-state index in [1.54, 1.807) is 72.8 Å². The molecule has 2 amide bonds.